The zero-order valence-corrected chi connectivity index (χ0v) is 8.68. The first kappa shape index (κ1) is 12.0. The minimum absolute atomic E-state index is 0.145. The van der Waals surface area contributed by atoms with Crippen molar-refractivity contribution in [2.45, 2.75) is 13.0 Å². The van der Waals surface area contributed by atoms with Crippen LogP contribution in [0.25, 0.3) is 0 Å². The number of hydrogen-bond acceptors (Lipinski definition) is 3. The van der Waals surface area contributed by atoms with Gasteiger partial charge in [-0.3, -0.25) is 4.79 Å². The number of esters is 1. The number of rotatable bonds is 5. The average Bonchev–Trinajstić information content (AvgIpc) is 2.27. The minimum Gasteiger partial charge on any atom is -0.478 e. The van der Waals surface area contributed by atoms with E-state index in [9.17, 15) is 9.59 Å². The van der Waals surface area contributed by atoms with Gasteiger partial charge in [0, 0.05) is 5.57 Å². The van der Waals surface area contributed by atoms with Gasteiger partial charge in [-0.1, -0.05) is 36.9 Å². The summed E-state index contributed by atoms with van der Waals surface area (Å²) in [5.74, 6) is -1.77. The largest absolute Gasteiger partial charge is 0.478 e. The number of carboxylic acids is 1. The molecule has 4 nitrogen and oxygen atoms in total. The highest BCUT2D eigenvalue weighted by Crippen LogP contribution is 2.04. The van der Waals surface area contributed by atoms with Crippen molar-refractivity contribution < 1.29 is 19.4 Å². The fourth-order valence-electron chi connectivity index (χ4n) is 1.04. The summed E-state index contributed by atoms with van der Waals surface area (Å²) in [5.41, 5.74) is 0.690. The number of hydrogen-bond donors (Lipinski definition) is 1. The molecule has 84 valence electrons. The molecule has 0 radical (unpaired) electrons. The predicted octanol–water partition coefficient (Wildman–Crippen LogP) is 1.76. The third-order valence-electron chi connectivity index (χ3n) is 1.90. The van der Waals surface area contributed by atoms with Crippen molar-refractivity contribution in [3.05, 3.63) is 48.0 Å². The molecular formula is C12H12O4. The zero-order chi connectivity index (χ0) is 12.0. The standard InChI is InChI=1S/C12H12O4/c1-9(12(14)15)7-11(13)16-8-10-5-3-2-4-6-10/h2-6H,1,7-8H2,(H,14,15). The molecule has 0 aliphatic carbocycles. The van der Waals surface area contributed by atoms with Gasteiger partial charge in [-0.2, -0.15) is 0 Å². The summed E-state index contributed by atoms with van der Waals surface area (Å²) in [6.07, 6.45) is -0.290. The van der Waals surface area contributed by atoms with Gasteiger partial charge >= 0.3 is 11.9 Å². The van der Waals surface area contributed by atoms with E-state index in [1.54, 1.807) is 0 Å². The van der Waals surface area contributed by atoms with Crippen molar-refractivity contribution in [3.8, 4) is 0 Å². The molecule has 1 aromatic carbocycles. The van der Waals surface area contributed by atoms with Gasteiger partial charge in [-0.15, -0.1) is 0 Å². The number of aliphatic carboxylic acids is 1. The molecule has 0 amide bonds. The van der Waals surface area contributed by atoms with Crippen LogP contribution in [-0.2, 0) is 20.9 Å². The van der Waals surface area contributed by atoms with Crippen molar-refractivity contribution in [3.63, 3.8) is 0 Å². The fourth-order valence-corrected chi connectivity index (χ4v) is 1.04. The summed E-state index contributed by atoms with van der Waals surface area (Å²) < 4.78 is 4.89. The van der Waals surface area contributed by atoms with Crippen LogP contribution in [0.2, 0.25) is 0 Å². The van der Waals surface area contributed by atoms with Crippen molar-refractivity contribution in [1.29, 1.82) is 0 Å². The normalized spacial score (nSPS) is 9.50. The number of carboxylic acid groups (broad SMARTS) is 1. The van der Waals surface area contributed by atoms with Crippen LogP contribution in [0.1, 0.15) is 12.0 Å². The second-order valence-corrected chi connectivity index (χ2v) is 3.23. The Labute approximate surface area is 93.2 Å². The smallest absolute Gasteiger partial charge is 0.331 e. The second-order valence-electron chi connectivity index (χ2n) is 3.23. The number of ether oxygens (including phenoxy) is 1. The number of carbonyl (C=O) groups excluding carboxylic acids is 1. The molecule has 0 saturated carbocycles. The highest BCUT2D eigenvalue weighted by molar-refractivity contribution is 5.91. The van der Waals surface area contributed by atoms with Gasteiger partial charge in [0.05, 0.1) is 6.42 Å². The lowest BCUT2D eigenvalue weighted by Gasteiger charge is -2.04. The van der Waals surface area contributed by atoms with Crippen LogP contribution in [0, 0.1) is 0 Å². The summed E-state index contributed by atoms with van der Waals surface area (Å²) >= 11 is 0. The van der Waals surface area contributed by atoms with Crippen molar-refractivity contribution >= 4 is 11.9 Å². The third kappa shape index (κ3) is 3.96. The van der Waals surface area contributed by atoms with E-state index in [4.69, 9.17) is 9.84 Å². The Morgan fingerprint density at radius 3 is 2.44 bits per heavy atom. The van der Waals surface area contributed by atoms with Crippen LogP contribution in [0.5, 0.6) is 0 Å². The Bertz CT molecular complexity index is 395. The van der Waals surface area contributed by atoms with Crippen molar-refractivity contribution in [2.24, 2.45) is 0 Å². The Morgan fingerprint density at radius 1 is 1.25 bits per heavy atom. The zero-order valence-electron chi connectivity index (χ0n) is 8.68. The molecule has 0 aliphatic rings. The maximum Gasteiger partial charge on any atom is 0.331 e. The number of benzene rings is 1. The van der Waals surface area contributed by atoms with E-state index in [1.165, 1.54) is 0 Å². The predicted molar refractivity (Wildman–Crippen MR) is 57.6 cm³/mol. The van der Waals surface area contributed by atoms with Crippen molar-refractivity contribution in [1.82, 2.24) is 0 Å². The van der Waals surface area contributed by atoms with Gasteiger partial charge in [0.2, 0.25) is 0 Å². The summed E-state index contributed by atoms with van der Waals surface area (Å²) in [5, 5.41) is 8.51. The van der Waals surface area contributed by atoms with E-state index in [2.05, 4.69) is 6.58 Å². The quantitative estimate of drug-likeness (QED) is 0.606. The number of carbonyl (C=O) groups is 2. The molecule has 0 bridgehead atoms. The molecule has 0 atom stereocenters. The molecule has 16 heavy (non-hydrogen) atoms. The van der Waals surface area contributed by atoms with Gasteiger partial charge in [-0.25, -0.2) is 4.79 Å². The lowest BCUT2D eigenvalue weighted by Crippen LogP contribution is -2.09. The summed E-state index contributed by atoms with van der Waals surface area (Å²) in [6.45, 7) is 3.39. The van der Waals surface area contributed by atoms with E-state index < -0.39 is 11.9 Å². The first-order chi connectivity index (χ1) is 7.59. The Hall–Kier alpha value is -2.10. The Kier molecular flexibility index (Phi) is 4.27. The maximum absolute atomic E-state index is 11.2. The van der Waals surface area contributed by atoms with Crippen LogP contribution in [0.15, 0.2) is 42.5 Å². The molecule has 1 rings (SSSR count). The van der Waals surface area contributed by atoms with Crippen LogP contribution < -0.4 is 0 Å². The molecule has 0 aliphatic heterocycles. The Morgan fingerprint density at radius 2 is 1.88 bits per heavy atom. The minimum atomic E-state index is -1.18. The first-order valence-corrected chi connectivity index (χ1v) is 4.70. The maximum atomic E-state index is 11.2. The van der Waals surface area contributed by atoms with E-state index in [0.29, 0.717) is 0 Å². The van der Waals surface area contributed by atoms with Crippen LogP contribution in [0.3, 0.4) is 0 Å². The lowest BCUT2D eigenvalue weighted by molar-refractivity contribution is -0.145. The highest BCUT2D eigenvalue weighted by Gasteiger charge is 2.11. The topological polar surface area (TPSA) is 63.6 Å². The molecule has 0 saturated heterocycles. The molecule has 4 heteroatoms. The van der Waals surface area contributed by atoms with Crippen molar-refractivity contribution in [2.75, 3.05) is 0 Å². The van der Waals surface area contributed by atoms with Gasteiger partial charge in [0.25, 0.3) is 0 Å². The molecule has 0 aromatic heterocycles. The monoisotopic (exact) mass is 220 g/mol. The lowest BCUT2D eigenvalue weighted by atomic mass is 10.2. The van der Waals surface area contributed by atoms with Gasteiger partial charge in [-0.05, 0) is 5.56 Å². The molecule has 1 N–H and O–H groups in total. The molecule has 0 fully saturated rings. The molecule has 1 aromatic rings. The molecule has 0 spiro atoms. The van der Waals surface area contributed by atoms with E-state index in [0.717, 1.165) is 5.56 Å². The van der Waals surface area contributed by atoms with Gasteiger partial charge in [0.1, 0.15) is 6.61 Å². The van der Waals surface area contributed by atoms with Crippen LogP contribution in [-0.4, -0.2) is 17.0 Å². The molecule has 0 heterocycles. The fraction of sp³-hybridized carbons (Fsp3) is 0.167. The SMILES string of the molecule is C=C(CC(=O)OCc1ccccc1)C(=O)O. The molecular weight excluding hydrogens is 208 g/mol. The summed E-state index contributed by atoms with van der Waals surface area (Å²) in [7, 11) is 0. The van der Waals surface area contributed by atoms with Crippen LogP contribution in [0.4, 0.5) is 0 Å². The third-order valence-corrected chi connectivity index (χ3v) is 1.90. The second kappa shape index (κ2) is 5.70. The summed E-state index contributed by atoms with van der Waals surface area (Å²) in [4.78, 5) is 21.6. The van der Waals surface area contributed by atoms with Gasteiger partial charge in [0.15, 0.2) is 0 Å². The van der Waals surface area contributed by atoms with Crippen LogP contribution >= 0.6 is 0 Å². The van der Waals surface area contributed by atoms with Gasteiger partial charge < -0.3 is 9.84 Å². The van der Waals surface area contributed by atoms with E-state index in [1.807, 2.05) is 30.3 Å². The highest BCUT2D eigenvalue weighted by atomic mass is 16.5. The van der Waals surface area contributed by atoms with E-state index >= 15 is 0 Å². The van der Waals surface area contributed by atoms with E-state index in [-0.39, 0.29) is 18.6 Å². The summed E-state index contributed by atoms with van der Waals surface area (Å²) in [6, 6.07) is 9.16. The Balaban J connectivity index is 2.36. The average molecular weight is 220 g/mol. The molecule has 0 unspecified atom stereocenters. The first-order valence-electron chi connectivity index (χ1n) is 4.70.